The summed E-state index contributed by atoms with van der Waals surface area (Å²) in [5, 5.41) is 17.5. The predicted octanol–water partition coefficient (Wildman–Crippen LogP) is 1.96. The summed E-state index contributed by atoms with van der Waals surface area (Å²) in [6.07, 6.45) is -1.03. The second-order valence-electron chi connectivity index (χ2n) is 3.40. The van der Waals surface area contributed by atoms with Crippen LogP contribution in [0, 0.1) is 3.57 Å². The van der Waals surface area contributed by atoms with Gasteiger partial charge in [-0.25, -0.2) is 6.14 Å². The number of carboxylic acids is 2. The molecule has 1 aromatic rings. The van der Waals surface area contributed by atoms with Crippen LogP contribution in [-0.4, -0.2) is 22.2 Å². The highest BCUT2D eigenvalue weighted by molar-refractivity contribution is 14.2. The highest BCUT2D eigenvalue weighted by Crippen LogP contribution is 2.30. The van der Waals surface area contributed by atoms with E-state index in [1.165, 1.54) is 12.1 Å². The Morgan fingerprint density at radius 1 is 1.06 bits per heavy atom. The van der Waals surface area contributed by atoms with Crippen molar-refractivity contribution in [3.8, 4) is 0 Å². The molecule has 0 heterocycles. The summed E-state index contributed by atoms with van der Waals surface area (Å²) in [6.45, 7) is 0. The molecule has 0 amide bonds. The Kier molecular flexibility index (Phi) is 5.03. The zero-order valence-electron chi connectivity index (χ0n) is 8.85. The van der Waals surface area contributed by atoms with Crippen LogP contribution in [0.4, 0.5) is 0 Å². The van der Waals surface area contributed by atoms with Gasteiger partial charge >= 0.3 is 31.7 Å². The molecular weight excluding hydrogens is 378 g/mol. The molecule has 0 aliphatic heterocycles. The van der Waals surface area contributed by atoms with Crippen LogP contribution in [-0.2, 0) is 28.6 Å². The summed E-state index contributed by atoms with van der Waals surface area (Å²) in [4.78, 5) is 21.3. The molecule has 0 aliphatic carbocycles. The lowest BCUT2D eigenvalue weighted by Gasteiger charge is -2.07. The minimum atomic E-state index is -4.01. The summed E-state index contributed by atoms with van der Waals surface area (Å²) >= 11 is 1.71. The average Bonchev–Trinajstić information content (AvgIpc) is 2.12. The lowest BCUT2D eigenvalue weighted by Crippen LogP contribution is -2.08. The van der Waals surface area contributed by atoms with E-state index in [9.17, 15) is 15.7 Å². The second kappa shape index (κ2) is 6.10. The standard InChI is InChI=1S/C10H8ClIO6/c11-7-1-5(3-8(13)14)10(12(17)18)6(2-7)4-9(15)16/h1-2H,3-4H2,(H,13,14)(H,15,16). The first kappa shape index (κ1) is 14.8. The maximum atomic E-state index is 11.2. The number of carbonyl (C=O) groups is 2. The number of halogens is 2. The Labute approximate surface area is 114 Å². The fraction of sp³-hybridized carbons (Fsp3) is 0.200. The second-order valence-corrected chi connectivity index (χ2v) is 6.15. The molecule has 0 aliphatic rings. The van der Waals surface area contributed by atoms with E-state index in [-0.39, 0.29) is 19.7 Å². The molecule has 2 N–H and O–H groups in total. The third kappa shape index (κ3) is 3.91. The summed E-state index contributed by atoms with van der Waals surface area (Å²) in [6, 6.07) is 2.47. The third-order valence-electron chi connectivity index (χ3n) is 2.03. The maximum Gasteiger partial charge on any atom is 0.341 e. The van der Waals surface area contributed by atoms with Crippen LogP contribution in [0.3, 0.4) is 0 Å². The third-order valence-corrected chi connectivity index (χ3v) is 4.51. The van der Waals surface area contributed by atoms with Crippen LogP contribution < -0.4 is 0 Å². The lowest BCUT2D eigenvalue weighted by atomic mass is 10.1. The molecule has 0 spiro atoms. The van der Waals surface area contributed by atoms with Crippen molar-refractivity contribution in [3.63, 3.8) is 0 Å². The molecule has 0 bridgehead atoms. The van der Waals surface area contributed by atoms with Crippen LogP contribution in [0.25, 0.3) is 0 Å². The van der Waals surface area contributed by atoms with Gasteiger partial charge in [-0.05, 0) is 23.3 Å². The summed E-state index contributed by atoms with van der Waals surface area (Å²) < 4.78 is 22.2. The first-order valence-electron chi connectivity index (χ1n) is 4.61. The molecule has 0 aromatic heterocycles. The highest BCUT2D eigenvalue weighted by atomic mass is 127. The van der Waals surface area contributed by atoms with E-state index < -0.39 is 44.6 Å². The Hall–Kier alpha value is -1.22. The van der Waals surface area contributed by atoms with E-state index in [1.807, 2.05) is 0 Å². The Balaban J connectivity index is 3.44. The van der Waals surface area contributed by atoms with Crippen molar-refractivity contribution in [3.05, 3.63) is 31.9 Å². The quantitative estimate of drug-likeness (QED) is 0.749. The van der Waals surface area contributed by atoms with Gasteiger partial charge in [-0.2, -0.15) is 0 Å². The zero-order chi connectivity index (χ0) is 13.9. The first-order chi connectivity index (χ1) is 8.31. The van der Waals surface area contributed by atoms with Crippen LogP contribution in [0.2, 0.25) is 5.02 Å². The van der Waals surface area contributed by atoms with Gasteiger partial charge < -0.3 is 10.2 Å². The monoisotopic (exact) mass is 386 g/mol. The Morgan fingerprint density at radius 2 is 1.44 bits per heavy atom. The minimum absolute atomic E-state index is 0.0291. The molecule has 18 heavy (non-hydrogen) atoms. The average molecular weight is 387 g/mol. The fourth-order valence-electron chi connectivity index (χ4n) is 1.49. The van der Waals surface area contributed by atoms with E-state index in [2.05, 4.69) is 0 Å². The number of hydrogen-bond donors (Lipinski definition) is 2. The van der Waals surface area contributed by atoms with Crippen molar-refractivity contribution in [2.24, 2.45) is 0 Å². The molecule has 8 heteroatoms. The van der Waals surface area contributed by atoms with E-state index in [4.69, 9.17) is 21.8 Å². The molecule has 98 valence electrons. The highest BCUT2D eigenvalue weighted by Gasteiger charge is 2.18. The molecule has 0 atom stereocenters. The van der Waals surface area contributed by atoms with Crippen LogP contribution in [0.15, 0.2) is 12.1 Å². The molecule has 0 radical (unpaired) electrons. The summed E-state index contributed by atoms with van der Waals surface area (Å²) in [5.74, 6) is -2.42. The largest absolute Gasteiger partial charge is 0.481 e. The molecule has 0 saturated carbocycles. The van der Waals surface area contributed by atoms with Crippen LogP contribution in [0.1, 0.15) is 11.1 Å². The van der Waals surface area contributed by atoms with Gasteiger partial charge in [0.25, 0.3) is 0 Å². The summed E-state index contributed by atoms with van der Waals surface area (Å²) in [7, 11) is 0. The van der Waals surface area contributed by atoms with Gasteiger partial charge in [0.05, 0.1) is 16.4 Å². The van der Waals surface area contributed by atoms with Gasteiger partial charge in [0, 0.05) is 5.02 Å². The summed E-state index contributed by atoms with van der Waals surface area (Å²) in [5.41, 5.74) is 0.0582. The molecule has 6 nitrogen and oxygen atoms in total. The van der Waals surface area contributed by atoms with E-state index >= 15 is 0 Å². The Bertz CT molecular complexity index is 533. The Morgan fingerprint density at radius 3 is 1.72 bits per heavy atom. The van der Waals surface area contributed by atoms with Crippen molar-refractivity contribution in [2.75, 3.05) is 0 Å². The topological polar surface area (TPSA) is 109 Å². The lowest BCUT2D eigenvalue weighted by molar-refractivity contribution is -0.137. The van der Waals surface area contributed by atoms with Gasteiger partial charge in [-0.1, -0.05) is 11.6 Å². The molecule has 0 unspecified atom stereocenters. The van der Waals surface area contributed by atoms with E-state index in [0.717, 1.165) is 0 Å². The molecule has 0 saturated heterocycles. The van der Waals surface area contributed by atoms with E-state index in [1.54, 1.807) is 0 Å². The number of hydrogen-bond acceptors (Lipinski definition) is 4. The number of carboxylic acid groups (broad SMARTS) is 2. The van der Waals surface area contributed by atoms with Gasteiger partial charge in [0.1, 0.15) is 0 Å². The maximum absolute atomic E-state index is 11.2. The zero-order valence-corrected chi connectivity index (χ0v) is 11.8. The van der Waals surface area contributed by atoms with Gasteiger partial charge in [-0.3, -0.25) is 9.59 Å². The number of benzene rings is 1. The predicted molar refractivity (Wildman–Crippen MR) is 68.2 cm³/mol. The smallest absolute Gasteiger partial charge is 0.341 e. The van der Waals surface area contributed by atoms with Crippen molar-refractivity contribution in [1.29, 1.82) is 0 Å². The number of aliphatic carboxylic acids is 2. The van der Waals surface area contributed by atoms with Gasteiger partial charge in [-0.15, -0.1) is 0 Å². The minimum Gasteiger partial charge on any atom is -0.481 e. The molecular formula is C10H8ClIO6. The number of rotatable bonds is 5. The van der Waals surface area contributed by atoms with Gasteiger partial charge in [0.15, 0.2) is 0 Å². The van der Waals surface area contributed by atoms with Crippen molar-refractivity contribution >= 4 is 43.3 Å². The molecule has 1 aromatic carbocycles. The molecule has 1 rings (SSSR count). The molecule has 0 fully saturated rings. The van der Waals surface area contributed by atoms with Crippen LogP contribution >= 0.6 is 31.4 Å². The van der Waals surface area contributed by atoms with Crippen molar-refractivity contribution in [1.82, 2.24) is 0 Å². The van der Waals surface area contributed by atoms with E-state index in [0.29, 0.717) is 0 Å². The van der Waals surface area contributed by atoms with Crippen LogP contribution in [0.5, 0.6) is 0 Å². The van der Waals surface area contributed by atoms with Gasteiger partial charge in [0.2, 0.25) is 0 Å². The fourth-order valence-corrected chi connectivity index (χ4v) is 3.58. The SMILES string of the molecule is O=C(O)Cc1cc(Cl)cc(CC(=O)O)c1I(=O)=O. The van der Waals surface area contributed by atoms with Crippen molar-refractivity contribution in [2.45, 2.75) is 12.8 Å². The normalized spacial score (nSPS) is 10.6. The first-order valence-corrected chi connectivity index (χ1v) is 7.83. The van der Waals surface area contributed by atoms with Crippen molar-refractivity contribution < 1.29 is 25.9 Å².